The fraction of sp³-hybridized carbons (Fsp3) is 0.500. The van der Waals surface area contributed by atoms with Crippen molar-refractivity contribution in [3.63, 3.8) is 0 Å². The lowest BCUT2D eigenvalue weighted by molar-refractivity contribution is 0.221. The zero-order chi connectivity index (χ0) is 13.8. The number of piperidine rings is 1. The Balaban J connectivity index is 1.87. The number of nitrogens with zero attached hydrogens (tertiary/aromatic N) is 1. The maximum atomic E-state index is 12.0. The van der Waals surface area contributed by atoms with Crippen molar-refractivity contribution in [3.8, 4) is 0 Å². The van der Waals surface area contributed by atoms with Crippen LogP contribution in [0.15, 0.2) is 22.7 Å². The molecule has 5 heteroatoms. The molecule has 19 heavy (non-hydrogen) atoms. The Kier molecular flexibility index (Phi) is 4.82. The minimum atomic E-state index is -0.111. The van der Waals surface area contributed by atoms with E-state index in [0.717, 1.165) is 41.7 Å². The first kappa shape index (κ1) is 14.3. The van der Waals surface area contributed by atoms with E-state index in [2.05, 4.69) is 38.5 Å². The molecule has 0 atom stereocenters. The number of aryl methyl sites for hydroxylation is 1. The number of likely N-dealkylation sites (tertiary alicyclic amines) is 1. The summed E-state index contributed by atoms with van der Waals surface area (Å²) in [6.07, 6.45) is 2.03. The number of anilines is 1. The van der Waals surface area contributed by atoms with E-state index in [-0.39, 0.29) is 12.1 Å². The molecule has 4 nitrogen and oxygen atoms in total. The van der Waals surface area contributed by atoms with Gasteiger partial charge in [-0.25, -0.2) is 4.79 Å². The Morgan fingerprint density at radius 2 is 2.05 bits per heavy atom. The standard InChI is InChI=1S/C14H20BrN3O/c1-10-9-11(15)3-4-13(10)17-14(19)16-12-5-7-18(2)8-6-12/h3-4,9,12H,5-8H2,1-2H3,(H2,16,17,19). The van der Waals surface area contributed by atoms with Crippen LogP contribution in [0.1, 0.15) is 18.4 Å². The van der Waals surface area contributed by atoms with Gasteiger partial charge in [0.15, 0.2) is 0 Å². The maximum absolute atomic E-state index is 12.0. The van der Waals surface area contributed by atoms with Gasteiger partial charge in [-0.1, -0.05) is 15.9 Å². The van der Waals surface area contributed by atoms with E-state index in [1.807, 2.05) is 25.1 Å². The molecule has 1 saturated heterocycles. The van der Waals surface area contributed by atoms with Gasteiger partial charge in [-0.3, -0.25) is 0 Å². The number of rotatable bonds is 2. The average molecular weight is 326 g/mol. The third kappa shape index (κ3) is 4.21. The first-order valence-corrected chi connectivity index (χ1v) is 7.36. The van der Waals surface area contributed by atoms with Crippen LogP contribution < -0.4 is 10.6 Å². The second-order valence-corrected chi connectivity index (χ2v) is 6.05. The quantitative estimate of drug-likeness (QED) is 0.878. The summed E-state index contributed by atoms with van der Waals surface area (Å²) in [6, 6.07) is 6.00. The van der Waals surface area contributed by atoms with Crippen molar-refractivity contribution in [2.45, 2.75) is 25.8 Å². The minimum Gasteiger partial charge on any atom is -0.335 e. The summed E-state index contributed by atoms with van der Waals surface area (Å²) in [4.78, 5) is 14.2. The van der Waals surface area contributed by atoms with Crippen LogP contribution in [0.25, 0.3) is 0 Å². The monoisotopic (exact) mass is 325 g/mol. The number of halogens is 1. The van der Waals surface area contributed by atoms with Gasteiger partial charge in [0.05, 0.1) is 0 Å². The number of urea groups is 1. The lowest BCUT2D eigenvalue weighted by atomic mass is 10.1. The minimum absolute atomic E-state index is 0.111. The summed E-state index contributed by atoms with van der Waals surface area (Å²) in [5.74, 6) is 0. The van der Waals surface area contributed by atoms with Crippen LogP contribution in [-0.2, 0) is 0 Å². The van der Waals surface area contributed by atoms with Gasteiger partial charge in [-0.15, -0.1) is 0 Å². The first-order valence-electron chi connectivity index (χ1n) is 6.57. The third-order valence-corrected chi connectivity index (χ3v) is 3.98. The van der Waals surface area contributed by atoms with Crippen molar-refractivity contribution < 1.29 is 4.79 Å². The molecule has 104 valence electrons. The van der Waals surface area contributed by atoms with Crippen LogP contribution in [0.2, 0.25) is 0 Å². The zero-order valence-corrected chi connectivity index (χ0v) is 13.0. The maximum Gasteiger partial charge on any atom is 0.319 e. The van der Waals surface area contributed by atoms with E-state index in [0.29, 0.717) is 0 Å². The van der Waals surface area contributed by atoms with Gasteiger partial charge in [0.1, 0.15) is 0 Å². The van der Waals surface area contributed by atoms with Crippen molar-refractivity contribution >= 4 is 27.6 Å². The van der Waals surface area contributed by atoms with Crippen molar-refractivity contribution in [2.75, 3.05) is 25.5 Å². The average Bonchev–Trinajstić information content (AvgIpc) is 2.36. The van der Waals surface area contributed by atoms with Crippen molar-refractivity contribution in [1.29, 1.82) is 0 Å². The molecule has 1 aliphatic heterocycles. The van der Waals surface area contributed by atoms with Crippen LogP contribution in [-0.4, -0.2) is 37.1 Å². The van der Waals surface area contributed by atoms with E-state index in [1.165, 1.54) is 0 Å². The molecular weight excluding hydrogens is 306 g/mol. The summed E-state index contributed by atoms with van der Waals surface area (Å²) < 4.78 is 1.02. The molecule has 0 aliphatic carbocycles. The number of hydrogen-bond donors (Lipinski definition) is 2. The Hall–Kier alpha value is -1.07. The third-order valence-electron chi connectivity index (χ3n) is 3.49. The lowest BCUT2D eigenvalue weighted by Gasteiger charge is -2.29. The highest BCUT2D eigenvalue weighted by molar-refractivity contribution is 9.10. The Morgan fingerprint density at radius 1 is 1.37 bits per heavy atom. The summed E-state index contributed by atoms with van der Waals surface area (Å²) in [5.41, 5.74) is 1.90. The Morgan fingerprint density at radius 3 is 2.68 bits per heavy atom. The van der Waals surface area contributed by atoms with Crippen LogP contribution in [0, 0.1) is 6.92 Å². The molecule has 1 heterocycles. The van der Waals surface area contributed by atoms with Gasteiger partial charge in [0.25, 0.3) is 0 Å². The predicted molar refractivity (Wildman–Crippen MR) is 81.6 cm³/mol. The summed E-state index contributed by atoms with van der Waals surface area (Å²) >= 11 is 3.41. The second kappa shape index (κ2) is 6.39. The molecular formula is C14H20BrN3O. The fourth-order valence-corrected chi connectivity index (χ4v) is 2.74. The molecule has 1 aliphatic rings. The first-order chi connectivity index (χ1) is 9.04. The highest BCUT2D eigenvalue weighted by atomic mass is 79.9. The van der Waals surface area contributed by atoms with Crippen molar-refractivity contribution in [1.82, 2.24) is 10.2 Å². The molecule has 0 unspecified atom stereocenters. The molecule has 0 saturated carbocycles. The van der Waals surface area contributed by atoms with Crippen LogP contribution >= 0.6 is 15.9 Å². The van der Waals surface area contributed by atoms with Crippen LogP contribution in [0.4, 0.5) is 10.5 Å². The van der Waals surface area contributed by atoms with Crippen molar-refractivity contribution in [3.05, 3.63) is 28.2 Å². The highest BCUT2D eigenvalue weighted by Gasteiger charge is 2.18. The second-order valence-electron chi connectivity index (χ2n) is 5.14. The molecule has 0 radical (unpaired) electrons. The number of nitrogens with one attached hydrogen (secondary N) is 2. The molecule has 0 spiro atoms. The SMILES string of the molecule is Cc1cc(Br)ccc1NC(=O)NC1CCN(C)CC1. The molecule has 1 aromatic rings. The predicted octanol–water partition coefficient (Wildman–Crippen LogP) is 2.97. The molecule has 1 fully saturated rings. The number of carbonyl (C=O) groups excluding carboxylic acids is 1. The summed E-state index contributed by atoms with van der Waals surface area (Å²) in [6.45, 7) is 4.07. The molecule has 0 aromatic heterocycles. The topological polar surface area (TPSA) is 44.4 Å². The smallest absolute Gasteiger partial charge is 0.319 e. The van der Waals surface area contributed by atoms with Gasteiger partial charge in [-0.05, 0) is 63.7 Å². The number of amides is 2. The van der Waals surface area contributed by atoms with E-state index in [9.17, 15) is 4.79 Å². The number of carbonyl (C=O) groups is 1. The van der Waals surface area contributed by atoms with Gasteiger partial charge in [-0.2, -0.15) is 0 Å². The van der Waals surface area contributed by atoms with Crippen molar-refractivity contribution in [2.24, 2.45) is 0 Å². The molecule has 2 rings (SSSR count). The molecule has 2 N–H and O–H groups in total. The molecule has 1 aromatic carbocycles. The lowest BCUT2D eigenvalue weighted by Crippen LogP contribution is -2.44. The van der Waals surface area contributed by atoms with Crippen LogP contribution in [0.3, 0.4) is 0 Å². The van der Waals surface area contributed by atoms with Gasteiger partial charge in [0, 0.05) is 16.2 Å². The molecule has 2 amide bonds. The highest BCUT2D eigenvalue weighted by Crippen LogP contribution is 2.20. The Labute approximate surface area is 122 Å². The molecule has 0 bridgehead atoms. The Bertz CT molecular complexity index is 456. The largest absolute Gasteiger partial charge is 0.335 e. The number of hydrogen-bond acceptors (Lipinski definition) is 2. The van der Waals surface area contributed by atoms with E-state index < -0.39 is 0 Å². The van der Waals surface area contributed by atoms with Gasteiger partial charge >= 0.3 is 6.03 Å². The summed E-state index contributed by atoms with van der Waals surface area (Å²) in [5, 5.41) is 5.95. The van der Waals surface area contributed by atoms with Crippen LogP contribution in [0.5, 0.6) is 0 Å². The van der Waals surface area contributed by atoms with E-state index >= 15 is 0 Å². The summed E-state index contributed by atoms with van der Waals surface area (Å²) in [7, 11) is 2.11. The number of benzene rings is 1. The van der Waals surface area contributed by atoms with Gasteiger partial charge < -0.3 is 15.5 Å². The normalized spacial score (nSPS) is 17.2. The van der Waals surface area contributed by atoms with E-state index in [4.69, 9.17) is 0 Å². The fourth-order valence-electron chi connectivity index (χ4n) is 2.26. The van der Waals surface area contributed by atoms with Gasteiger partial charge in [0.2, 0.25) is 0 Å². The van der Waals surface area contributed by atoms with E-state index in [1.54, 1.807) is 0 Å². The zero-order valence-electron chi connectivity index (χ0n) is 11.4.